The Labute approximate surface area is 133 Å². The van der Waals surface area contributed by atoms with Gasteiger partial charge in [-0.1, -0.05) is 18.2 Å². The minimum Gasteiger partial charge on any atom is -0.481 e. The molecule has 2 heterocycles. The number of carboxylic acids is 1. The third kappa shape index (κ3) is 3.20. The number of thiophene rings is 1. The fourth-order valence-corrected chi connectivity index (χ4v) is 3.94. The molecule has 3 rings (SSSR count). The molecule has 22 heavy (non-hydrogen) atoms. The van der Waals surface area contributed by atoms with Crippen molar-refractivity contribution in [3.63, 3.8) is 0 Å². The molecule has 0 amide bonds. The summed E-state index contributed by atoms with van der Waals surface area (Å²) in [4.78, 5) is 14.6. The van der Waals surface area contributed by atoms with Crippen molar-refractivity contribution in [2.45, 2.75) is 18.9 Å². The van der Waals surface area contributed by atoms with Gasteiger partial charge in [-0.05, 0) is 55.1 Å². The van der Waals surface area contributed by atoms with Crippen LogP contribution in [0.1, 0.15) is 29.3 Å². The third-order valence-electron chi connectivity index (χ3n) is 4.24. The summed E-state index contributed by atoms with van der Waals surface area (Å²) in [5.41, 5.74) is 1.05. The highest BCUT2D eigenvalue weighted by Gasteiger charge is 2.30. The molecule has 5 heteroatoms. The molecule has 1 aliphatic heterocycles. The number of carbonyl (C=O) groups is 1. The maximum absolute atomic E-state index is 13.2. The molecule has 116 valence electrons. The Hall–Kier alpha value is -1.72. The molecule has 0 radical (unpaired) electrons. The van der Waals surface area contributed by atoms with E-state index in [2.05, 4.69) is 11.0 Å². The van der Waals surface area contributed by atoms with Crippen LogP contribution in [0, 0.1) is 11.7 Å². The fraction of sp³-hybridized carbons (Fsp3) is 0.353. The van der Waals surface area contributed by atoms with E-state index in [-0.39, 0.29) is 17.8 Å². The van der Waals surface area contributed by atoms with Gasteiger partial charge in [0.05, 0.1) is 12.0 Å². The molecule has 1 saturated heterocycles. The Kier molecular flexibility index (Phi) is 4.55. The van der Waals surface area contributed by atoms with Gasteiger partial charge in [-0.3, -0.25) is 9.69 Å². The lowest BCUT2D eigenvalue weighted by Gasteiger charge is -2.36. The first-order valence-electron chi connectivity index (χ1n) is 7.41. The molecular formula is C17H18FNO2S. The summed E-state index contributed by atoms with van der Waals surface area (Å²) < 4.78 is 13.2. The molecule has 1 unspecified atom stereocenters. The Balaban J connectivity index is 1.84. The summed E-state index contributed by atoms with van der Waals surface area (Å²) in [5.74, 6) is -1.18. The predicted molar refractivity (Wildman–Crippen MR) is 84.5 cm³/mol. The molecule has 1 atom stereocenters. The molecule has 0 spiro atoms. The topological polar surface area (TPSA) is 40.5 Å². The Morgan fingerprint density at radius 2 is 1.91 bits per heavy atom. The quantitative estimate of drug-likeness (QED) is 0.932. The number of halogens is 1. The van der Waals surface area contributed by atoms with Gasteiger partial charge in [0.25, 0.3) is 0 Å². The molecule has 0 bridgehead atoms. The smallest absolute Gasteiger partial charge is 0.306 e. The first-order chi connectivity index (χ1) is 10.6. The van der Waals surface area contributed by atoms with Gasteiger partial charge < -0.3 is 5.11 Å². The summed E-state index contributed by atoms with van der Waals surface area (Å²) in [6.07, 6.45) is 1.33. The van der Waals surface area contributed by atoms with Gasteiger partial charge in [-0.25, -0.2) is 4.39 Å². The molecular weight excluding hydrogens is 301 g/mol. The van der Waals surface area contributed by atoms with Crippen LogP contribution >= 0.6 is 11.3 Å². The number of rotatable bonds is 4. The second kappa shape index (κ2) is 6.58. The van der Waals surface area contributed by atoms with E-state index in [0.29, 0.717) is 12.8 Å². The largest absolute Gasteiger partial charge is 0.481 e. The number of hydrogen-bond donors (Lipinski definition) is 1. The van der Waals surface area contributed by atoms with Crippen molar-refractivity contribution in [1.82, 2.24) is 4.90 Å². The average Bonchev–Trinajstić information content (AvgIpc) is 3.04. The zero-order valence-corrected chi connectivity index (χ0v) is 12.9. The van der Waals surface area contributed by atoms with Crippen molar-refractivity contribution in [2.75, 3.05) is 13.1 Å². The maximum Gasteiger partial charge on any atom is 0.306 e. The standard InChI is InChI=1S/C17H18FNO2S/c18-14-5-3-12(4-6-14)16(15-2-1-11-22-15)19-9-7-13(8-10-19)17(20)21/h1-6,11,13,16H,7-10H2,(H,20,21). The second-order valence-electron chi connectivity index (χ2n) is 5.62. The van der Waals surface area contributed by atoms with Crippen molar-refractivity contribution < 1.29 is 14.3 Å². The van der Waals surface area contributed by atoms with E-state index in [1.807, 2.05) is 23.6 Å². The van der Waals surface area contributed by atoms with Crippen LogP contribution in [0.15, 0.2) is 41.8 Å². The summed E-state index contributed by atoms with van der Waals surface area (Å²) in [5, 5.41) is 11.2. The van der Waals surface area contributed by atoms with Crippen LogP contribution in [0.4, 0.5) is 4.39 Å². The molecule has 1 fully saturated rings. The van der Waals surface area contributed by atoms with E-state index in [9.17, 15) is 9.18 Å². The highest BCUT2D eigenvalue weighted by molar-refractivity contribution is 7.10. The van der Waals surface area contributed by atoms with Gasteiger partial charge in [0.15, 0.2) is 0 Å². The van der Waals surface area contributed by atoms with Crippen LogP contribution in [-0.2, 0) is 4.79 Å². The molecule has 1 aromatic carbocycles. The highest BCUT2D eigenvalue weighted by Crippen LogP contribution is 2.34. The SMILES string of the molecule is O=C(O)C1CCN(C(c2ccc(F)cc2)c2cccs2)CC1. The molecule has 0 aliphatic carbocycles. The van der Waals surface area contributed by atoms with E-state index in [1.54, 1.807) is 11.3 Å². The van der Waals surface area contributed by atoms with Gasteiger partial charge in [0.2, 0.25) is 0 Å². The monoisotopic (exact) mass is 319 g/mol. The second-order valence-corrected chi connectivity index (χ2v) is 6.60. The van der Waals surface area contributed by atoms with E-state index >= 15 is 0 Å². The number of nitrogens with zero attached hydrogens (tertiary/aromatic N) is 1. The molecule has 1 aliphatic rings. The van der Waals surface area contributed by atoms with Crippen LogP contribution in [0.3, 0.4) is 0 Å². The molecule has 1 aromatic heterocycles. The van der Waals surface area contributed by atoms with Gasteiger partial charge in [-0.15, -0.1) is 11.3 Å². The predicted octanol–water partition coefficient (Wildman–Crippen LogP) is 3.77. The van der Waals surface area contributed by atoms with E-state index in [1.165, 1.54) is 17.0 Å². The zero-order valence-electron chi connectivity index (χ0n) is 12.1. The molecule has 2 aromatic rings. The summed E-state index contributed by atoms with van der Waals surface area (Å²) in [7, 11) is 0. The fourth-order valence-electron chi connectivity index (χ4n) is 3.05. The van der Waals surface area contributed by atoms with Crippen LogP contribution in [0.2, 0.25) is 0 Å². The first-order valence-corrected chi connectivity index (χ1v) is 8.29. The minimum absolute atomic E-state index is 0.0790. The lowest BCUT2D eigenvalue weighted by Crippen LogP contribution is -2.39. The van der Waals surface area contributed by atoms with E-state index < -0.39 is 5.97 Å². The van der Waals surface area contributed by atoms with E-state index in [0.717, 1.165) is 18.7 Å². The van der Waals surface area contributed by atoms with Crippen molar-refractivity contribution in [3.8, 4) is 0 Å². The van der Waals surface area contributed by atoms with Gasteiger partial charge in [0.1, 0.15) is 5.82 Å². The Morgan fingerprint density at radius 1 is 1.23 bits per heavy atom. The van der Waals surface area contributed by atoms with Gasteiger partial charge in [-0.2, -0.15) is 0 Å². The average molecular weight is 319 g/mol. The minimum atomic E-state index is -0.700. The number of carboxylic acid groups (broad SMARTS) is 1. The van der Waals surface area contributed by atoms with Crippen LogP contribution in [0.5, 0.6) is 0 Å². The Morgan fingerprint density at radius 3 is 2.45 bits per heavy atom. The normalized spacial score (nSPS) is 18.2. The van der Waals surface area contributed by atoms with Crippen LogP contribution in [-0.4, -0.2) is 29.1 Å². The lowest BCUT2D eigenvalue weighted by atomic mass is 9.94. The van der Waals surface area contributed by atoms with E-state index in [4.69, 9.17) is 5.11 Å². The summed E-state index contributed by atoms with van der Waals surface area (Å²) in [6.45, 7) is 1.49. The number of aliphatic carboxylic acids is 1. The number of benzene rings is 1. The molecule has 3 nitrogen and oxygen atoms in total. The van der Waals surface area contributed by atoms with Crippen molar-refractivity contribution in [2.24, 2.45) is 5.92 Å². The maximum atomic E-state index is 13.2. The van der Waals surface area contributed by atoms with Crippen molar-refractivity contribution >= 4 is 17.3 Å². The van der Waals surface area contributed by atoms with Crippen molar-refractivity contribution in [3.05, 3.63) is 58.0 Å². The number of likely N-dealkylation sites (tertiary alicyclic amines) is 1. The number of hydrogen-bond acceptors (Lipinski definition) is 3. The highest BCUT2D eigenvalue weighted by atomic mass is 32.1. The summed E-state index contributed by atoms with van der Waals surface area (Å²) in [6, 6.07) is 10.8. The van der Waals surface area contributed by atoms with Gasteiger partial charge >= 0.3 is 5.97 Å². The summed E-state index contributed by atoms with van der Waals surface area (Å²) >= 11 is 1.68. The van der Waals surface area contributed by atoms with Crippen LogP contribution < -0.4 is 0 Å². The zero-order chi connectivity index (χ0) is 15.5. The molecule has 1 N–H and O–H groups in total. The Bertz CT molecular complexity index is 619. The first kappa shape index (κ1) is 15.2. The van der Waals surface area contributed by atoms with Crippen molar-refractivity contribution in [1.29, 1.82) is 0 Å². The third-order valence-corrected chi connectivity index (χ3v) is 5.17. The van der Waals surface area contributed by atoms with Gasteiger partial charge in [0, 0.05) is 4.88 Å². The number of piperidine rings is 1. The molecule has 0 saturated carbocycles. The van der Waals surface area contributed by atoms with Crippen LogP contribution in [0.25, 0.3) is 0 Å². The lowest BCUT2D eigenvalue weighted by molar-refractivity contribution is -0.143.